The van der Waals surface area contributed by atoms with Crippen LogP contribution in [0.15, 0.2) is 36.5 Å². The maximum absolute atomic E-state index is 11.0. The minimum atomic E-state index is -0.523. The van der Waals surface area contributed by atoms with Crippen molar-refractivity contribution in [2.24, 2.45) is 5.73 Å². The van der Waals surface area contributed by atoms with Crippen molar-refractivity contribution in [3.05, 3.63) is 52.2 Å². The maximum atomic E-state index is 11.0. The zero-order valence-electron chi connectivity index (χ0n) is 11.6. The summed E-state index contributed by atoms with van der Waals surface area (Å²) in [6.45, 7) is 1.84. The van der Waals surface area contributed by atoms with Gasteiger partial charge in [-0.2, -0.15) is 0 Å². The first kappa shape index (κ1) is 14.7. The number of nitrogens with two attached hydrogens (primary N) is 1. The number of nitrogens with zero attached hydrogens (tertiary/aromatic N) is 2. The van der Waals surface area contributed by atoms with Gasteiger partial charge >= 0.3 is 5.69 Å². The van der Waals surface area contributed by atoms with Crippen LogP contribution in [0.4, 0.5) is 5.69 Å². The third-order valence-electron chi connectivity index (χ3n) is 2.86. The Morgan fingerprint density at radius 1 is 1.33 bits per heavy atom. The van der Waals surface area contributed by atoms with E-state index in [4.69, 9.17) is 15.2 Å². The van der Waals surface area contributed by atoms with Crippen LogP contribution in [0, 0.1) is 10.1 Å². The Labute approximate surface area is 121 Å². The van der Waals surface area contributed by atoms with Gasteiger partial charge in [0.2, 0.25) is 11.6 Å². The van der Waals surface area contributed by atoms with Crippen molar-refractivity contribution in [2.45, 2.75) is 13.0 Å². The van der Waals surface area contributed by atoms with Crippen LogP contribution in [0.1, 0.15) is 18.5 Å². The Morgan fingerprint density at radius 3 is 2.62 bits per heavy atom. The van der Waals surface area contributed by atoms with E-state index in [2.05, 4.69) is 4.98 Å². The van der Waals surface area contributed by atoms with Crippen LogP contribution in [0.25, 0.3) is 0 Å². The molecule has 7 nitrogen and oxygen atoms in total. The van der Waals surface area contributed by atoms with Crippen molar-refractivity contribution < 1.29 is 14.4 Å². The van der Waals surface area contributed by atoms with Crippen molar-refractivity contribution in [2.75, 3.05) is 7.11 Å². The SMILES string of the molecule is COc1ccc([N+](=O)[O-])c(Oc2ccc([C@H](C)N)cn2)c1. The van der Waals surface area contributed by atoms with Crippen LogP contribution in [-0.2, 0) is 0 Å². The van der Waals surface area contributed by atoms with Crippen LogP contribution in [0.3, 0.4) is 0 Å². The van der Waals surface area contributed by atoms with Crippen molar-refractivity contribution in [3.63, 3.8) is 0 Å². The average molecular weight is 289 g/mol. The summed E-state index contributed by atoms with van der Waals surface area (Å²) in [5, 5.41) is 11.0. The second kappa shape index (κ2) is 6.19. The third-order valence-corrected chi connectivity index (χ3v) is 2.86. The lowest BCUT2D eigenvalue weighted by molar-refractivity contribution is -0.385. The normalized spacial score (nSPS) is 11.8. The molecule has 2 N–H and O–H groups in total. The molecule has 0 bridgehead atoms. The number of nitro groups is 1. The predicted molar refractivity (Wildman–Crippen MR) is 76.6 cm³/mol. The van der Waals surface area contributed by atoms with E-state index >= 15 is 0 Å². The highest BCUT2D eigenvalue weighted by molar-refractivity contribution is 5.51. The molecular formula is C14H15N3O4. The van der Waals surface area contributed by atoms with Crippen molar-refractivity contribution in [3.8, 4) is 17.4 Å². The predicted octanol–water partition coefficient (Wildman–Crippen LogP) is 2.81. The molecular weight excluding hydrogens is 274 g/mol. The molecule has 1 aromatic carbocycles. The molecule has 0 unspecified atom stereocenters. The quantitative estimate of drug-likeness (QED) is 0.671. The van der Waals surface area contributed by atoms with Crippen molar-refractivity contribution in [1.82, 2.24) is 4.98 Å². The molecule has 0 aliphatic carbocycles. The van der Waals surface area contributed by atoms with Gasteiger partial charge in [-0.3, -0.25) is 10.1 Å². The highest BCUT2D eigenvalue weighted by Crippen LogP contribution is 2.34. The zero-order valence-corrected chi connectivity index (χ0v) is 11.6. The van der Waals surface area contributed by atoms with Gasteiger partial charge in [0.15, 0.2) is 0 Å². The van der Waals surface area contributed by atoms with Gasteiger partial charge in [-0.1, -0.05) is 6.07 Å². The Kier molecular flexibility index (Phi) is 4.34. The highest BCUT2D eigenvalue weighted by Gasteiger charge is 2.17. The molecule has 0 fully saturated rings. The number of hydrogen-bond donors (Lipinski definition) is 1. The number of methoxy groups -OCH3 is 1. The van der Waals surface area contributed by atoms with Gasteiger partial charge in [0.05, 0.1) is 12.0 Å². The van der Waals surface area contributed by atoms with E-state index < -0.39 is 4.92 Å². The third kappa shape index (κ3) is 3.46. The van der Waals surface area contributed by atoms with Gasteiger partial charge in [0.25, 0.3) is 0 Å². The van der Waals surface area contributed by atoms with E-state index in [1.807, 2.05) is 6.92 Å². The lowest BCUT2D eigenvalue weighted by Crippen LogP contribution is -2.05. The van der Waals surface area contributed by atoms with Crippen LogP contribution in [0.5, 0.6) is 17.4 Å². The molecule has 7 heteroatoms. The Hall–Kier alpha value is -2.67. The number of ether oxygens (including phenoxy) is 2. The van der Waals surface area contributed by atoms with Crippen LogP contribution < -0.4 is 15.2 Å². The van der Waals surface area contributed by atoms with Crippen LogP contribution in [0.2, 0.25) is 0 Å². The first-order valence-corrected chi connectivity index (χ1v) is 6.23. The monoisotopic (exact) mass is 289 g/mol. The molecule has 0 saturated heterocycles. The minimum Gasteiger partial charge on any atom is -0.497 e. The zero-order chi connectivity index (χ0) is 15.4. The average Bonchev–Trinajstić information content (AvgIpc) is 2.47. The number of pyridine rings is 1. The minimum absolute atomic E-state index is 0.0698. The van der Waals surface area contributed by atoms with Crippen LogP contribution >= 0.6 is 0 Å². The molecule has 1 heterocycles. The lowest BCUT2D eigenvalue weighted by Gasteiger charge is -2.09. The van der Waals surface area contributed by atoms with Gasteiger partial charge < -0.3 is 15.2 Å². The van der Waals surface area contributed by atoms with E-state index in [1.165, 1.54) is 25.3 Å². The molecule has 0 aliphatic heterocycles. The summed E-state index contributed by atoms with van der Waals surface area (Å²) in [7, 11) is 1.47. The number of aromatic nitrogens is 1. The molecule has 0 spiro atoms. The Bertz CT molecular complexity index is 641. The van der Waals surface area contributed by atoms with Gasteiger partial charge in [0, 0.05) is 30.4 Å². The molecule has 0 aliphatic rings. The molecule has 0 amide bonds. The molecule has 1 atom stereocenters. The maximum Gasteiger partial charge on any atom is 0.311 e. The van der Waals surface area contributed by atoms with E-state index in [9.17, 15) is 10.1 Å². The molecule has 2 rings (SSSR count). The number of benzene rings is 1. The summed E-state index contributed by atoms with van der Waals surface area (Å²) in [6, 6.07) is 7.50. The summed E-state index contributed by atoms with van der Waals surface area (Å²) in [6.07, 6.45) is 1.58. The summed E-state index contributed by atoms with van der Waals surface area (Å²) in [4.78, 5) is 14.6. The molecule has 2 aromatic rings. The number of nitro benzene ring substituents is 1. The number of hydrogen-bond acceptors (Lipinski definition) is 6. The Morgan fingerprint density at radius 2 is 2.10 bits per heavy atom. The fourth-order valence-electron chi connectivity index (χ4n) is 1.69. The molecule has 1 aromatic heterocycles. The topological polar surface area (TPSA) is 101 Å². The van der Waals surface area contributed by atoms with Crippen molar-refractivity contribution >= 4 is 5.69 Å². The summed E-state index contributed by atoms with van der Waals surface area (Å²) < 4.78 is 10.5. The van der Waals surface area contributed by atoms with E-state index in [0.717, 1.165) is 5.56 Å². The largest absolute Gasteiger partial charge is 0.497 e. The lowest BCUT2D eigenvalue weighted by atomic mass is 10.2. The first-order valence-electron chi connectivity index (χ1n) is 6.23. The number of rotatable bonds is 5. The van der Waals surface area contributed by atoms with Gasteiger partial charge in [-0.25, -0.2) is 4.98 Å². The smallest absolute Gasteiger partial charge is 0.311 e. The standard InChI is InChI=1S/C14H15N3O4/c1-9(15)10-3-6-14(16-8-10)21-13-7-11(20-2)4-5-12(13)17(18)19/h3-9H,15H2,1-2H3/t9-/m0/s1. The molecule has 110 valence electrons. The fourth-order valence-corrected chi connectivity index (χ4v) is 1.69. The van der Waals surface area contributed by atoms with Crippen LogP contribution in [-0.4, -0.2) is 17.0 Å². The highest BCUT2D eigenvalue weighted by atomic mass is 16.6. The van der Waals surface area contributed by atoms with Crippen molar-refractivity contribution in [1.29, 1.82) is 0 Å². The summed E-state index contributed by atoms with van der Waals surface area (Å²) >= 11 is 0. The molecule has 21 heavy (non-hydrogen) atoms. The second-order valence-corrected chi connectivity index (χ2v) is 4.41. The fraction of sp³-hybridized carbons (Fsp3) is 0.214. The molecule has 0 radical (unpaired) electrons. The second-order valence-electron chi connectivity index (χ2n) is 4.41. The first-order chi connectivity index (χ1) is 10.0. The summed E-state index contributed by atoms with van der Waals surface area (Å²) in [5.74, 6) is 0.777. The van der Waals surface area contributed by atoms with E-state index in [-0.39, 0.29) is 23.4 Å². The van der Waals surface area contributed by atoms with E-state index in [0.29, 0.717) is 5.75 Å². The van der Waals surface area contributed by atoms with E-state index in [1.54, 1.807) is 18.3 Å². The molecule has 0 saturated carbocycles. The Balaban J connectivity index is 2.31. The van der Waals surface area contributed by atoms with Gasteiger partial charge in [-0.15, -0.1) is 0 Å². The van der Waals surface area contributed by atoms with Gasteiger partial charge in [0.1, 0.15) is 5.75 Å². The van der Waals surface area contributed by atoms with Gasteiger partial charge in [-0.05, 0) is 18.6 Å². The summed E-state index contributed by atoms with van der Waals surface area (Å²) in [5.41, 5.74) is 6.42.